The number of nitrogens with one attached hydrogen (secondary N) is 1. The van der Waals surface area contributed by atoms with E-state index in [1.165, 1.54) is 11.1 Å². The number of carboxylic acids is 1. The Hall–Kier alpha value is -3.01. The fourth-order valence-corrected chi connectivity index (χ4v) is 6.01. The highest BCUT2D eigenvalue weighted by Crippen LogP contribution is 2.36. The lowest BCUT2D eigenvalue weighted by atomic mass is 9.93. The highest BCUT2D eigenvalue weighted by molar-refractivity contribution is 5.94. The molecule has 0 bridgehead atoms. The molecule has 1 saturated carbocycles. The van der Waals surface area contributed by atoms with Crippen molar-refractivity contribution in [3.8, 4) is 11.1 Å². The summed E-state index contributed by atoms with van der Waals surface area (Å²) in [5.41, 5.74) is 4.59. The van der Waals surface area contributed by atoms with E-state index >= 15 is 0 Å². The number of aliphatic carboxylic acids is 1. The Morgan fingerprint density at radius 2 is 1.75 bits per heavy atom. The Bertz CT molecular complexity index is 1240. The number of aliphatic hydroxyl groups excluding tert-OH is 1. The Morgan fingerprint density at radius 3 is 2.45 bits per heavy atom. The number of rotatable bonds is 12. The number of nitrogens with zero attached hydrogens (tertiary/aromatic N) is 5. The minimum Gasteiger partial charge on any atom is -0.481 e. The van der Waals surface area contributed by atoms with Crippen LogP contribution in [0.15, 0.2) is 36.7 Å². The number of hydrogen-bond acceptors (Lipinski definition) is 7. The SMILES string of the molecule is CCCCNc1ncc2c(-c3ccc(CN4CCN(CCCC(=O)O)CC4)cc3)cn(C3CCC(O)CC3)c2n1. The smallest absolute Gasteiger partial charge is 0.303 e. The number of aliphatic hydroxyl groups is 1. The molecule has 1 saturated heterocycles. The molecule has 0 spiro atoms. The molecular weight excluding hydrogens is 504 g/mol. The first-order chi connectivity index (χ1) is 19.5. The third kappa shape index (κ3) is 7.19. The van der Waals surface area contributed by atoms with Crippen LogP contribution >= 0.6 is 0 Å². The highest BCUT2D eigenvalue weighted by Gasteiger charge is 2.24. The van der Waals surface area contributed by atoms with Gasteiger partial charge < -0.3 is 25.0 Å². The molecule has 40 heavy (non-hydrogen) atoms. The molecule has 3 N–H and O–H groups in total. The van der Waals surface area contributed by atoms with Gasteiger partial charge in [-0.15, -0.1) is 0 Å². The quantitative estimate of drug-likeness (QED) is 0.278. The van der Waals surface area contributed by atoms with Crippen LogP contribution in [0.4, 0.5) is 5.95 Å². The van der Waals surface area contributed by atoms with Crippen LogP contribution in [0.1, 0.15) is 69.9 Å². The van der Waals surface area contributed by atoms with Gasteiger partial charge in [-0.25, -0.2) is 4.98 Å². The zero-order chi connectivity index (χ0) is 27.9. The average molecular weight is 549 g/mol. The summed E-state index contributed by atoms with van der Waals surface area (Å²) in [6, 6.07) is 9.23. The van der Waals surface area contributed by atoms with Gasteiger partial charge in [0.25, 0.3) is 0 Å². The lowest BCUT2D eigenvalue weighted by molar-refractivity contribution is -0.137. The van der Waals surface area contributed by atoms with Crippen LogP contribution in [0.3, 0.4) is 0 Å². The molecule has 216 valence electrons. The number of hydrogen-bond donors (Lipinski definition) is 3. The number of unbranched alkanes of at least 4 members (excludes halogenated alkanes) is 1. The first-order valence-electron chi connectivity index (χ1n) is 15.1. The van der Waals surface area contributed by atoms with Crippen molar-refractivity contribution >= 4 is 23.0 Å². The molecule has 1 aliphatic carbocycles. The van der Waals surface area contributed by atoms with Crippen molar-refractivity contribution in [3.63, 3.8) is 0 Å². The second-order valence-corrected chi connectivity index (χ2v) is 11.4. The van der Waals surface area contributed by atoms with Crippen molar-refractivity contribution < 1.29 is 15.0 Å². The fourth-order valence-electron chi connectivity index (χ4n) is 6.01. The molecule has 9 heteroatoms. The summed E-state index contributed by atoms with van der Waals surface area (Å²) in [5.74, 6) is -0.0304. The summed E-state index contributed by atoms with van der Waals surface area (Å²) < 4.78 is 2.33. The van der Waals surface area contributed by atoms with Gasteiger partial charge >= 0.3 is 5.97 Å². The number of anilines is 1. The predicted octanol–water partition coefficient (Wildman–Crippen LogP) is 4.77. The van der Waals surface area contributed by atoms with Crippen LogP contribution in [0, 0.1) is 0 Å². The van der Waals surface area contributed by atoms with Crippen molar-refractivity contribution in [2.75, 3.05) is 44.6 Å². The van der Waals surface area contributed by atoms with E-state index in [0.717, 1.165) is 107 Å². The summed E-state index contributed by atoms with van der Waals surface area (Å²) in [4.78, 5) is 25.2. The van der Waals surface area contributed by atoms with Crippen molar-refractivity contribution in [1.82, 2.24) is 24.3 Å². The first-order valence-corrected chi connectivity index (χ1v) is 15.1. The van der Waals surface area contributed by atoms with Gasteiger partial charge in [0, 0.05) is 75.1 Å². The molecule has 2 aliphatic rings. The Morgan fingerprint density at radius 1 is 1.02 bits per heavy atom. The number of fused-ring (bicyclic) bond motifs is 1. The lowest BCUT2D eigenvalue weighted by Crippen LogP contribution is -2.46. The van der Waals surface area contributed by atoms with E-state index in [4.69, 9.17) is 10.1 Å². The summed E-state index contributed by atoms with van der Waals surface area (Å²) >= 11 is 0. The number of benzene rings is 1. The molecule has 0 unspecified atom stereocenters. The lowest BCUT2D eigenvalue weighted by Gasteiger charge is -2.34. The van der Waals surface area contributed by atoms with Crippen molar-refractivity contribution in [1.29, 1.82) is 0 Å². The highest BCUT2D eigenvalue weighted by atomic mass is 16.4. The van der Waals surface area contributed by atoms with Gasteiger partial charge in [0.2, 0.25) is 5.95 Å². The minimum atomic E-state index is -0.711. The molecule has 0 radical (unpaired) electrons. The van der Waals surface area contributed by atoms with E-state index in [9.17, 15) is 9.90 Å². The van der Waals surface area contributed by atoms with Crippen LogP contribution in [-0.2, 0) is 11.3 Å². The van der Waals surface area contributed by atoms with Crippen LogP contribution in [-0.4, -0.2) is 85.9 Å². The van der Waals surface area contributed by atoms with Gasteiger partial charge in [0.15, 0.2) is 0 Å². The third-order valence-electron chi connectivity index (χ3n) is 8.45. The molecule has 2 aromatic heterocycles. The van der Waals surface area contributed by atoms with Crippen LogP contribution in [0.2, 0.25) is 0 Å². The number of piperazine rings is 1. The van der Waals surface area contributed by atoms with E-state index in [-0.39, 0.29) is 12.5 Å². The maximum atomic E-state index is 10.8. The summed E-state index contributed by atoms with van der Waals surface area (Å²) in [7, 11) is 0. The van der Waals surface area contributed by atoms with Crippen LogP contribution in [0.25, 0.3) is 22.2 Å². The fraction of sp³-hybridized carbons (Fsp3) is 0.581. The second kappa shape index (κ2) is 13.6. The molecule has 0 amide bonds. The molecule has 9 nitrogen and oxygen atoms in total. The maximum Gasteiger partial charge on any atom is 0.303 e. The van der Waals surface area contributed by atoms with Gasteiger partial charge in [0.1, 0.15) is 5.65 Å². The zero-order valence-electron chi connectivity index (χ0n) is 23.8. The van der Waals surface area contributed by atoms with Gasteiger partial charge in [-0.1, -0.05) is 37.6 Å². The number of carbonyl (C=O) groups is 1. The minimum absolute atomic E-state index is 0.189. The van der Waals surface area contributed by atoms with E-state index < -0.39 is 5.97 Å². The monoisotopic (exact) mass is 548 g/mol. The van der Waals surface area contributed by atoms with E-state index in [1.54, 1.807) is 0 Å². The summed E-state index contributed by atoms with van der Waals surface area (Å²) in [5, 5.41) is 23.4. The Balaban J connectivity index is 1.28. The molecule has 1 aliphatic heterocycles. The van der Waals surface area contributed by atoms with Crippen LogP contribution < -0.4 is 5.32 Å². The summed E-state index contributed by atoms with van der Waals surface area (Å²) in [6.07, 6.45) is 10.8. The number of carboxylic acid groups (broad SMARTS) is 1. The molecule has 5 rings (SSSR count). The van der Waals surface area contributed by atoms with Gasteiger partial charge in [0.05, 0.1) is 6.10 Å². The second-order valence-electron chi connectivity index (χ2n) is 11.4. The third-order valence-corrected chi connectivity index (χ3v) is 8.45. The average Bonchev–Trinajstić information content (AvgIpc) is 3.34. The predicted molar refractivity (Wildman–Crippen MR) is 158 cm³/mol. The Labute approximate surface area is 237 Å². The van der Waals surface area contributed by atoms with Crippen molar-refractivity contribution in [3.05, 3.63) is 42.2 Å². The standard InChI is InChI=1S/C31H44N6O3/c1-2-3-14-32-31-33-20-27-28(22-37(30(27)34-31)25-10-12-26(38)13-11-25)24-8-6-23(7-9-24)21-36-18-16-35(17-19-36)15-4-5-29(39)40/h6-9,20,22,25-26,38H,2-5,10-19,21H2,1H3,(H,39,40)(H,32,33,34). The van der Waals surface area contributed by atoms with Gasteiger partial charge in [-0.3, -0.25) is 9.69 Å². The molecule has 2 fully saturated rings. The molecule has 3 heterocycles. The van der Waals surface area contributed by atoms with Gasteiger partial charge in [-0.2, -0.15) is 4.98 Å². The molecular formula is C31H44N6O3. The molecule has 1 aromatic carbocycles. The topological polar surface area (TPSA) is 107 Å². The van der Waals surface area contributed by atoms with Crippen LogP contribution in [0.5, 0.6) is 0 Å². The van der Waals surface area contributed by atoms with Crippen molar-refractivity contribution in [2.24, 2.45) is 0 Å². The van der Waals surface area contributed by atoms with E-state index in [0.29, 0.717) is 12.0 Å². The first kappa shape index (κ1) is 28.5. The number of aromatic nitrogens is 3. The van der Waals surface area contributed by atoms with E-state index in [1.807, 2.05) is 6.20 Å². The largest absolute Gasteiger partial charge is 0.481 e. The maximum absolute atomic E-state index is 10.8. The Kier molecular flexibility index (Phi) is 9.67. The van der Waals surface area contributed by atoms with Gasteiger partial charge in [-0.05, 0) is 56.2 Å². The normalized spacial score (nSPS) is 20.6. The molecule has 0 atom stereocenters. The molecule has 3 aromatic rings. The van der Waals surface area contributed by atoms with E-state index in [2.05, 4.69) is 62.1 Å². The zero-order valence-corrected chi connectivity index (χ0v) is 23.8. The van der Waals surface area contributed by atoms with Crippen molar-refractivity contribution in [2.45, 2.75) is 77.0 Å². The summed E-state index contributed by atoms with van der Waals surface area (Å²) in [6.45, 7) is 8.82.